The van der Waals surface area contributed by atoms with Crippen molar-refractivity contribution >= 4 is 11.9 Å². The minimum absolute atomic E-state index is 0.207. The Labute approximate surface area is 123 Å². The highest BCUT2D eigenvalue weighted by atomic mass is 16.5. The van der Waals surface area contributed by atoms with Crippen LogP contribution in [0, 0.1) is 11.8 Å². The largest absolute Gasteiger partial charge is 0.481 e. The Morgan fingerprint density at radius 3 is 2.57 bits per heavy atom. The van der Waals surface area contributed by atoms with Crippen LogP contribution >= 0.6 is 0 Å². The van der Waals surface area contributed by atoms with E-state index >= 15 is 0 Å². The van der Waals surface area contributed by atoms with Gasteiger partial charge >= 0.3 is 5.97 Å². The minimum Gasteiger partial charge on any atom is -0.481 e. The Hall–Kier alpha value is -2.05. The van der Waals surface area contributed by atoms with Gasteiger partial charge in [-0.3, -0.25) is 9.59 Å². The summed E-state index contributed by atoms with van der Waals surface area (Å²) in [6.07, 6.45) is 1.95. The Morgan fingerprint density at radius 2 is 2.10 bits per heavy atom. The van der Waals surface area contributed by atoms with Gasteiger partial charge in [0.15, 0.2) is 0 Å². The van der Waals surface area contributed by atoms with Gasteiger partial charge in [0.25, 0.3) is 0 Å². The molecule has 1 aliphatic carbocycles. The van der Waals surface area contributed by atoms with Crippen molar-refractivity contribution in [2.75, 3.05) is 7.11 Å². The maximum Gasteiger partial charge on any atom is 0.307 e. The zero-order chi connectivity index (χ0) is 15.6. The molecular weight excluding hydrogens is 274 g/mol. The van der Waals surface area contributed by atoms with Crippen LogP contribution in [0.5, 0.6) is 5.88 Å². The van der Waals surface area contributed by atoms with Crippen LogP contribution < -0.4 is 10.1 Å². The van der Waals surface area contributed by atoms with Crippen LogP contribution in [0.2, 0.25) is 0 Å². The lowest BCUT2D eigenvalue weighted by Gasteiger charge is -2.31. The summed E-state index contributed by atoms with van der Waals surface area (Å²) in [5.74, 6) is -1.45. The molecule has 0 aromatic carbocycles. The number of rotatable bonds is 6. The summed E-state index contributed by atoms with van der Waals surface area (Å²) >= 11 is 0. The lowest BCUT2D eigenvalue weighted by Crippen LogP contribution is -2.43. The SMILES string of the molecule is CCc1nn(C)c(OC)c1CNC(=O)C1CCC1C(=O)O. The summed E-state index contributed by atoms with van der Waals surface area (Å²) in [5.41, 5.74) is 1.72. The van der Waals surface area contributed by atoms with E-state index in [9.17, 15) is 9.59 Å². The molecule has 1 aliphatic rings. The molecule has 1 fully saturated rings. The fourth-order valence-corrected chi connectivity index (χ4v) is 2.74. The number of methoxy groups -OCH3 is 1. The number of carbonyl (C=O) groups excluding carboxylic acids is 1. The number of aryl methyl sites for hydroxylation is 2. The van der Waals surface area contributed by atoms with Gasteiger partial charge in [-0.25, -0.2) is 4.68 Å². The van der Waals surface area contributed by atoms with Gasteiger partial charge in [0.1, 0.15) is 0 Å². The molecule has 1 aromatic heterocycles. The summed E-state index contributed by atoms with van der Waals surface area (Å²) in [4.78, 5) is 23.0. The molecule has 0 aliphatic heterocycles. The minimum atomic E-state index is -0.894. The van der Waals surface area contributed by atoms with Crippen LogP contribution in [0.3, 0.4) is 0 Å². The number of ether oxygens (including phenoxy) is 1. The summed E-state index contributed by atoms with van der Waals surface area (Å²) in [5, 5.41) is 16.2. The topological polar surface area (TPSA) is 93.5 Å². The van der Waals surface area contributed by atoms with E-state index in [-0.39, 0.29) is 5.91 Å². The third-order valence-corrected chi connectivity index (χ3v) is 4.07. The average molecular weight is 295 g/mol. The van der Waals surface area contributed by atoms with Crippen molar-refractivity contribution in [2.45, 2.75) is 32.7 Å². The van der Waals surface area contributed by atoms with Crippen molar-refractivity contribution in [3.05, 3.63) is 11.3 Å². The molecule has 0 spiro atoms. The lowest BCUT2D eigenvalue weighted by molar-refractivity contribution is -0.152. The summed E-state index contributed by atoms with van der Waals surface area (Å²) < 4.78 is 6.95. The van der Waals surface area contributed by atoms with Gasteiger partial charge in [0.2, 0.25) is 11.8 Å². The summed E-state index contributed by atoms with van der Waals surface area (Å²) in [7, 11) is 3.35. The molecule has 2 unspecified atom stereocenters. The zero-order valence-corrected chi connectivity index (χ0v) is 12.5. The molecule has 2 N–H and O–H groups in total. The number of hydrogen-bond donors (Lipinski definition) is 2. The average Bonchev–Trinajstić information content (AvgIpc) is 2.69. The van der Waals surface area contributed by atoms with Crippen LogP contribution in [0.25, 0.3) is 0 Å². The van der Waals surface area contributed by atoms with Crippen molar-refractivity contribution in [3.63, 3.8) is 0 Å². The predicted molar refractivity (Wildman–Crippen MR) is 74.8 cm³/mol. The smallest absolute Gasteiger partial charge is 0.307 e. The molecule has 0 bridgehead atoms. The van der Waals surface area contributed by atoms with Gasteiger partial charge in [0, 0.05) is 13.6 Å². The van der Waals surface area contributed by atoms with Crippen molar-refractivity contribution in [1.82, 2.24) is 15.1 Å². The molecule has 1 aromatic rings. The number of amides is 1. The number of aromatic nitrogens is 2. The first-order valence-electron chi connectivity index (χ1n) is 7.08. The number of carbonyl (C=O) groups is 2. The number of nitrogens with one attached hydrogen (secondary N) is 1. The summed E-state index contributed by atoms with van der Waals surface area (Å²) in [6, 6.07) is 0. The number of hydrogen-bond acceptors (Lipinski definition) is 4. The second kappa shape index (κ2) is 6.15. The fourth-order valence-electron chi connectivity index (χ4n) is 2.74. The number of aliphatic carboxylic acids is 1. The first-order chi connectivity index (χ1) is 9.99. The van der Waals surface area contributed by atoms with Gasteiger partial charge in [0.05, 0.1) is 30.2 Å². The van der Waals surface area contributed by atoms with Crippen molar-refractivity contribution in [3.8, 4) is 5.88 Å². The quantitative estimate of drug-likeness (QED) is 0.806. The first-order valence-corrected chi connectivity index (χ1v) is 7.08. The zero-order valence-electron chi connectivity index (χ0n) is 12.5. The number of carboxylic acid groups (broad SMARTS) is 1. The van der Waals surface area contributed by atoms with Crippen molar-refractivity contribution < 1.29 is 19.4 Å². The molecule has 0 saturated heterocycles. The lowest BCUT2D eigenvalue weighted by atomic mass is 9.73. The second-order valence-corrected chi connectivity index (χ2v) is 5.26. The first kappa shape index (κ1) is 15.3. The molecule has 2 atom stereocenters. The molecule has 2 rings (SSSR count). The normalized spacial score (nSPS) is 20.7. The Bertz CT molecular complexity index is 553. The van der Waals surface area contributed by atoms with Crippen LogP contribution in [-0.4, -0.2) is 33.9 Å². The molecule has 0 radical (unpaired) electrons. The molecule has 116 valence electrons. The molecule has 7 heteroatoms. The van der Waals surface area contributed by atoms with Crippen LogP contribution in [0.4, 0.5) is 0 Å². The van der Waals surface area contributed by atoms with Crippen LogP contribution in [0.1, 0.15) is 31.0 Å². The van der Waals surface area contributed by atoms with Gasteiger partial charge in [-0.2, -0.15) is 5.10 Å². The van der Waals surface area contributed by atoms with E-state index in [4.69, 9.17) is 9.84 Å². The van der Waals surface area contributed by atoms with Gasteiger partial charge in [-0.05, 0) is 19.3 Å². The third kappa shape index (κ3) is 2.86. The van der Waals surface area contributed by atoms with Gasteiger partial charge < -0.3 is 15.2 Å². The highest BCUT2D eigenvalue weighted by molar-refractivity contribution is 5.86. The molecule has 1 heterocycles. The Kier molecular flexibility index (Phi) is 4.50. The van der Waals surface area contributed by atoms with E-state index in [2.05, 4.69) is 10.4 Å². The molecule has 1 saturated carbocycles. The van der Waals surface area contributed by atoms with Crippen LogP contribution in [0.15, 0.2) is 0 Å². The fraction of sp³-hybridized carbons (Fsp3) is 0.643. The van der Waals surface area contributed by atoms with Crippen LogP contribution in [-0.2, 0) is 29.6 Å². The highest BCUT2D eigenvalue weighted by Crippen LogP contribution is 2.34. The van der Waals surface area contributed by atoms with E-state index in [0.29, 0.717) is 25.3 Å². The standard InChI is InChI=1S/C14H21N3O4/c1-4-11-10(13(21-3)17(2)16-11)7-15-12(18)8-5-6-9(8)14(19)20/h8-9H,4-7H2,1-3H3,(H,15,18)(H,19,20). The van der Waals surface area contributed by atoms with Gasteiger partial charge in [-0.15, -0.1) is 0 Å². The number of carboxylic acids is 1. The maximum absolute atomic E-state index is 12.1. The second-order valence-electron chi connectivity index (χ2n) is 5.26. The van der Waals surface area contributed by atoms with E-state index < -0.39 is 17.8 Å². The van der Waals surface area contributed by atoms with Crippen molar-refractivity contribution in [2.24, 2.45) is 18.9 Å². The van der Waals surface area contributed by atoms with Crippen molar-refractivity contribution in [1.29, 1.82) is 0 Å². The monoisotopic (exact) mass is 295 g/mol. The summed E-state index contributed by atoms with van der Waals surface area (Å²) in [6.45, 7) is 2.29. The molecule has 1 amide bonds. The predicted octanol–water partition coefficient (Wildman–Crippen LogP) is 0.718. The van der Waals surface area contributed by atoms with Gasteiger partial charge in [-0.1, -0.05) is 6.92 Å². The van der Waals surface area contributed by atoms with E-state index in [1.165, 1.54) is 0 Å². The van der Waals surface area contributed by atoms with E-state index in [1.807, 2.05) is 6.92 Å². The highest BCUT2D eigenvalue weighted by Gasteiger charge is 2.41. The Balaban J connectivity index is 2.03. The molecule has 7 nitrogen and oxygen atoms in total. The molecular formula is C14H21N3O4. The maximum atomic E-state index is 12.1. The van der Waals surface area contributed by atoms with E-state index in [0.717, 1.165) is 17.7 Å². The third-order valence-electron chi connectivity index (χ3n) is 4.07. The van der Waals surface area contributed by atoms with E-state index in [1.54, 1.807) is 18.8 Å². The Morgan fingerprint density at radius 1 is 1.43 bits per heavy atom. The number of nitrogens with zero attached hydrogens (tertiary/aromatic N) is 2. The molecule has 21 heavy (non-hydrogen) atoms.